The predicted octanol–water partition coefficient (Wildman–Crippen LogP) is 0.661. The average Bonchev–Trinajstić information content (AvgIpc) is 2.66. The molecule has 0 bridgehead atoms. The topological polar surface area (TPSA) is 57.5 Å². The normalized spacial score (nSPS) is 22.9. The second-order valence-electron chi connectivity index (χ2n) is 3.96. The molecule has 0 saturated carbocycles. The molecule has 17 heavy (non-hydrogen) atoms. The third-order valence-electron chi connectivity index (χ3n) is 2.69. The molecule has 0 aromatic heterocycles. The lowest BCUT2D eigenvalue weighted by Gasteiger charge is -2.16. The molecule has 2 rings (SSSR count). The van der Waals surface area contributed by atoms with Crippen molar-refractivity contribution in [1.29, 1.82) is 0 Å². The van der Waals surface area contributed by atoms with Crippen molar-refractivity contribution in [1.82, 2.24) is 0 Å². The molecule has 1 aliphatic carbocycles. The van der Waals surface area contributed by atoms with Crippen LogP contribution in [0.5, 0.6) is 0 Å². The van der Waals surface area contributed by atoms with Crippen molar-refractivity contribution < 1.29 is 15.0 Å². The van der Waals surface area contributed by atoms with E-state index in [2.05, 4.69) is 11.8 Å². The molecule has 0 heterocycles. The highest BCUT2D eigenvalue weighted by atomic mass is 16.3. The maximum absolute atomic E-state index is 11.7. The summed E-state index contributed by atoms with van der Waals surface area (Å²) >= 11 is 0. The maximum atomic E-state index is 11.7. The Balaban J connectivity index is 2.18. The summed E-state index contributed by atoms with van der Waals surface area (Å²) in [7, 11) is 0. The van der Waals surface area contributed by atoms with Crippen LogP contribution in [-0.2, 0) is 4.79 Å². The van der Waals surface area contributed by atoms with E-state index >= 15 is 0 Å². The molecule has 0 unspecified atom stereocenters. The number of aliphatic hydroxyl groups is 2. The number of Topliss-reactive ketones (excluding diaryl/α,β-unsaturated/α-hetero) is 1. The van der Waals surface area contributed by atoms with Gasteiger partial charge in [-0.15, -0.1) is 0 Å². The van der Waals surface area contributed by atoms with E-state index in [9.17, 15) is 9.90 Å². The smallest absolute Gasteiger partial charge is 0.205 e. The highest BCUT2D eigenvalue weighted by molar-refractivity contribution is 6.07. The quantitative estimate of drug-likeness (QED) is 0.694. The number of hydrogen-bond donors (Lipinski definition) is 2. The average molecular weight is 228 g/mol. The molecule has 0 radical (unpaired) electrons. The van der Waals surface area contributed by atoms with Crippen LogP contribution >= 0.6 is 0 Å². The van der Waals surface area contributed by atoms with Crippen molar-refractivity contribution in [2.24, 2.45) is 0 Å². The van der Waals surface area contributed by atoms with Crippen molar-refractivity contribution >= 4 is 5.78 Å². The van der Waals surface area contributed by atoms with E-state index in [0.29, 0.717) is 0 Å². The van der Waals surface area contributed by atoms with Crippen LogP contribution < -0.4 is 0 Å². The van der Waals surface area contributed by atoms with Gasteiger partial charge in [0, 0.05) is 12.0 Å². The van der Waals surface area contributed by atoms with Gasteiger partial charge in [0.1, 0.15) is 0 Å². The van der Waals surface area contributed by atoms with Crippen LogP contribution in [0.25, 0.3) is 0 Å². The van der Waals surface area contributed by atoms with Crippen LogP contribution in [0.1, 0.15) is 12.0 Å². The first-order valence-corrected chi connectivity index (χ1v) is 5.31. The van der Waals surface area contributed by atoms with Crippen molar-refractivity contribution in [3.8, 4) is 11.8 Å². The maximum Gasteiger partial charge on any atom is 0.205 e. The lowest BCUT2D eigenvalue weighted by Crippen LogP contribution is -2.39. The molecular weight excluding hydrogens is 216 g/mol. The molecule has 1 aromatic carbocycles. The SMILES string of the molecule is O=C1C(C#Cc2ccccc2)=CC[C@]1(O)CO. The summed E-state index contributed by atoms with van der Waals surface area (Å²) in [6, 6.07) is 9.28. The minimum atomic E-state index is -1.67. The van der Waals surface area contributed by atoms with Gasteiger partial charge in [-0.05, 0) is 12.1 Å². The second kappa shape index (κ2) is 4.54. The largest absolute Gasteiger partial charge is 0.393 e. The number of ketones is 1. The Morgan fingerprint density at radius 2 is 1.94 bits per heavy atom. The minimum absolute atomic E-state index is 0.126. The number of benzene rings is 1. The molecule has 3 nitrogen and oxygen atoms in total. The van der Waals surface area contributed by atoms with Crippen LogP contribution in [0, 0.1) is 11.8 Å². The summed E-state index contributed by atoms with van der Waals surface area (Å²) in [5.74, 6) is 5.08. The van der Waals surface area contributed by atoms with E-state index < -0.39 is 18.0 Å². The molecule has 0 saturated heterocycles. The molecule has 0 spiro atoms. The zero-order valence-corrected chi connectivity index (χ0v) is 9.18. The summed E-state index contributed by atoms with van der Waals surface area (Å²) in [6.45, 7) is -0.571. The fraction of sp³-hybridized carbons (Fsp3) is 0.214. The third kappa shape index (κ3) is 2.28. The van der Waals surface area contributed by atoms with Gasteiger partial charge in [-0.1, -0.05) is 36.1 Å². The molecule has 86 valence electrons. The van der Waals surface area contributed by atoms with Crippen molar-refractivity contribution in [3.63, 3.8) is 0 Å². The Kier molecular flexibility index (Phi) is 3.10. The first-order valence-electron chi connectivity index (χ1n) is 5.31. The first-order chi connectivity index (χ1) is 8.15. The van der Waals surface area contributed by atoms with Gasteiger partial charge in [0.05, 0.1) is 12.2 Å². The van der Waals surface area contributed by atoms with Crippen LogP contribution in [0.15, 0.2) is 42.0 Å². The number of aliphatic hydroxyl groups excluding tert-OH is 1. The number of rotatable bonds is 1. The van der Waals surface area contributed by atoms with Gasteiger partial charge >= 0.3 is 0 Å². The monoisotopic (exact) mass is 228 g/mol. The first kappa shape index (κ1) is 11.6. The molecule has 1 aromatic rings. The number of carbonyl (C=O) groups is 1. The Hall–Kier alpha value is -1.89. The number of carbonyl (C=O) groups excluding carboxylic acids is 1. The summed E-state index contributed by atoms with van der Waals surface area (Å²) in [4.78, 5) is 11.7. The fourth-order valence-corrected chi connectivity index (χ4v) is 1.61. The highest BCUT2D eigenvalue weighted by Crippen LogP contribution is 2.24. The number of hydrogen-bond acceptors (Lipinski definition) is 3. The van der Waals surface area contributed by atoms with Gasteiger partial charge in [-0.3, -0.25) is 4.79 Å². The van der Waals surface area contributed by atoms with E-state index in [1.54, 1.807) is 6.08 Å². The van der Waals surface area contributed by atoms with Crippen LogP contribution in [0.3, 0.4) is 0 Å². The van der Waals surface area contributed by atoms with Crippen LogP contribution in [-0.4, -0.2) is 28.2 Å². The van der Waals surface area contributed by atoms with E-state index in [1.165, 1.54) is 0 Å². The summed E-state index contributed by atoms with van der Waals surface area (Å²) < 4.78 is 0. The van der Waals surface area contributed by atoms with E-state index in [0.717, 1.165) is 5.56 Å². The molecule has 1 aliphatic rings. The van der Waals surface area contributed by atoms with Crippen LogP contribution in [0.2, 0.25) is 0 Å². The Bertz CT molecular complexity index is 519. The summed E-state index contributed by atoms with van der Waals surface area (Å²) in [5.41, 5.74) is -0.591. The standard InChI is InChI=1S/C14H12O3/c15-10-14(17)9-8-12(13(14)16)7-6-11-4-2-1-3-5-11/h1-5,8,15,17H,9-10H2/t14-/m0/s1. The molecular formula is C14H12O3. The fourth-order valence-electron chi connectivity index (χ4n) is 1.61. The lowest BCUT2D eigenvalue weighted by atomic mass is 9.99. The van der Waals surface area contributed by atoms with E-state index in [-0.39, 0.29) is 12.0 Å². The Morgan fingerprint density at radius 1 is 1.24 bits per heavy atom. The van der Waals surface area contributed by atoms with Crippen LogP contribution in [0.4, 0.5) is 0 Å². The zero-order chi connectivity index (χ0) is 12.3. The molecule has 0 fully saturated rings. The molecule has 0 aliphatic heterocycles. The van der Waals surface area contributed by atoms with Crippen molar-refractivity contribution in [2.45, 2.75) is 12.0 Å². The summed E-state index contributed by atoms with van der Waals surface area (Å²) in [5, 5.41) is 18.7. The zero-order valence-electron chi connectivity index (χ0n) is 9.18. The second-order valence-corrected chi connectivity index (χ2v) is 3.96. The van der Waals surface area contributed by atoms with Gasteiger partial charge < -0.3 is 10.2 Å². The van der Waals surface area contributed by atoms with E-state index in [1.807, 2.05) is 30.3 Å². The van der Waals surface area contributed by atoms with Gasteiger partial charge in [0.2, 0.25) is 5.78 Å². The lowest BCUT2D eigenvalue weighted by molar-refractivity contribution is -0.134. The molecule has 0 amide bonds. The predicted molar refractivity (Wildman–Crippen MR) is 63.1 cm³/mol. The van der Waals surface area contributed by atoms with Gasteiger partial charge in [0.15, 0.2) is 5.60 Å². The van der Waals surface area contributed by atoms with Gasteiger partial charge in [-0.2, -0.15) is 0 Å². The Morgan fingerprint density at radius 3 is 2.53 bits per heavy atom. The highest BCUT2D eigenvalue weighted by Gasteiger charge is 2.40. The van der Waals surface area contributed by atoms with Gasteiger partial charge in [-0.25, -0.2) is 0 Å². The van der Waals surface area contributed by atoms with Crippen molar-refractivity contribution in [2.75, 3.05) is 6.61 Å². The Labute approximate surface area is 99.4 Å². The molecule has 1 atom stereocenters. The van der Waals surface area contributed by atoms with Gasteiger partial charge in [0.25, 0.3) is 0 Å². The third-order valence-corrected chi connectivity index (χ3v) is 2.69. The summed E-state index contributed by atoms with van der Waals surface area (Å²) in [6.07, 6.45) is 1.69. The molecule has 2 N–H and O–H groups in total. The minimum Gasteiger partial charge on any atom is -0.393 e. The van der Waals surface area contributed by atoms with E-state index in [4.69, 9.17) is 5.11 Å². The molecule has 3 heteroatoms. The van der Waals surface area contributed by atoms with Crippen molar-refractivity contribution in [3.05, 3.63) is 47.5 Å².